The quantitative estimate of drug-likeness (QED) is 0.642. The Morgan fingerprint density at radius 1 is 0.708 bits per heavy atom. The first-order chi connectivity index (χ1) is 11.6. The van der Waals surface area contributed by atoms with E-state index in [0.29, 0.717) is 17.7 Å². The SMILES string of the molecule is Oc1ccc(Br)c(O)c1.c1ccc(COCc2ccccc2)cc1. The molecule has 0 radical (unpaired) electrons. The maximum Gasteiger partial charge on any atom is 0.133 e. The molecule has 3 aromatic carbocycles. The fourth-order valence-corrected chi connectivity index (χ4v) is 2.18. The molecule has 0 aromatic heterocycles. The van der Waals surface area contributed by atoms with Crippen LogP contribution in [0.25, 0.3) is 0 Å². The largest absolute Gasteiger partial charge is 0.508 e. The molecule has 0 aliphatic heterocycles. The Bertz CT molecular complexity index is 691. The lowest BCUT2D eigenvalue weighted by atomic mass is 10.2. The summed E-state index contributed by atoms with van der Waals surface area (Å²) in [4.78, 5) is 0. The molecule has 0 unspecified atom stereocenters. The number of ether oxygens (including phenoxy) is 1. The number of halogens is 1. The van der Waals surface area contributed by atoms with Gasteiger partial charge in [0.1, 0.15) is 11.5 Å². The van der Waals surface area contributed by atoms with Gasteiger partial charge in [-0.1, -0.05) is 60.7 Å². The van der Waals surface area contributed by atoms with Gasteiger partial charge in [-0.25, -0.2) is 0 Å². The number of hydrogen-bond donors (Lipinski definition) is 2. The van der Waals surface area contributed by atoms with E-state index in [0.717, 1.165) is 0 Å². The van der Waals surface area contributed by atoms with Gasteiger partial charge in [-0.05, 0) is 39.2 Å². The van der Waals surface area contributed by atoms with E-state index < -0.39 is 0 Å². The van der Waals surface area contributed by atoms with E-state index in [4.69, 9.17) is 14.9 Å². The first-order valence-corrected chi connectivity index (χ1v) is 8.27. The van der Waals surface area contributed by atoms with E-state index >= 15 is 0 Å². The van der Waals surface area contributed by atoms with Crippen LogP contribution in [0.1, 0.15) is 11.1 Å². The number of aromatic hydroxyl groups is 2. The number of hydrogen-bond acceptors (Lipinski definition) is 3. The normalized spacial score (nSPS) is 9.88. The number of rotatable bonds is 4. The van der Waals surface area contributed by atoms with Crippen molar-refractivity contribution in [1.82, 2.24) is 0 Å². The van der Waals surface area contributed by atoms with Crippen LogP contribution < -0.4 is 0 Å². The standard InChI is InChI=1S/C14H14O.C6H5BrO2/c1-3-7-13(8-4-1)11-15-12-14-9-5-2-6-10-14;7-5-2-1-4(8)3-6(5)9/h1-10H,11-12H2;1-3,8-9H. The zero-order valence-corrected chi connectivity index (χ0v) is 14.7. The molecule has 0 amide bonds. The number of phenols is 2. The van der Waals surface area contributed by atoms with E-state index in [-0.39, 0.29) is 11.5 Å². The second kappa shape index (κ2) is 9.75. The van der Waals surface area contributed by atoms with Crippen molar-refractivity contribution in [2.24, 2.45) is 0 Å². The summed E-state index contributed by atoms with van der Waals surface area (Å²) in [5.41, 5.74) is 2.43. The zero-order valence-electron chi connectivity index (χ0n) is 13.1. The van der Waals surface area contributed by atoms with Crippen LogP contribution in [0, 0.1) is 0 Å². The molecule has 0 bridgehead atoms. The van der Waals surface area contributed by atoms with Crippen molar-refractivity contribution in [3.63, 3.8) is 0 Å². The topological polar surface area (TPSA) is 49.7 Å². The Morgan fingerprint density at radius 3 is 1.62 bits per heavy atom. The van der Waals surface area contributed by atoms with Crippen LogP contribution in [0.3, 0.4) is 0 Å². The van der Waals surface area contributed by atoms with Crippen molar-refractivity contribution in [2.45, 2.75) is 13.2 Å². The minimum Gasteiger partial charge on any atom is -0.508 e. The van der Waals surface area contributed by atoms with Gasteiger partial charge in [0, 0.05) is 6.07 Å². The van der Waals surface area contributed by atoms with Crippen molar-refractivity contribution >= 4 is 15.9 Å². The maximum absolute atomic E-state index is 8.89. The van der Waals surface area contributed by atoms with Crippen LogP contribution in [0.5, 0.6) is 11.5 Å². The average molecular weight is 387 g/mol. The molecule has 0 fully saturated rings. The summed E-state index contributed by atoms with van der Waals surface area (Å²) >= 11 is 3.07. The second-order valence-corrected chi connectivity index (χ2v) is 5.95. The van der Waals surface area contributed by atoms with Crippen LogP contribution >= 0.6 is 15.9 Å². The third-order valence-corrected chi connectivity index (χ3v) is 3.82. The molecule has 0 aliphatic rings. The van der Waals surface area contributed by atoms with Crippen molar-refractivity contribution in [3.05, 3.63) is 94.5 Å². The summed E-state index contributed by atoms with van der Waals surface area (Å²) in [6, 6.07) is 24.8. The molecule has 24 heavy (non-hydrogen) atoms. The molecule has 0 heterocycles. The summed E-state index contributed by atoms with van der Waals surface area (Å²) in [7, 11) is 0. The van der Waals surface area contributed by atoms with E-state index in [2.05, 4.69) is 40.2 Å². The third kappa shape index (κ3) is 6.44. The molecule has 4 heteroatoms. The monoisotopic (exact) mass is 386 g/mol. The summed E-state index contributed by atoms with van der Waals surface area (Å²) in [5.74, 6) is 0.116. The molecule has 3 aromatic rings. The summed E-state index contributed by atoms with van der Waals surface area (Å²) in [5, 5.41) is 17.6. The molecule has 0 saturated carbocycles. The predicted molar refractivity (Wildman–Crippen MR) is 98.8 cm³/mol. The summed E-state index contributed by atoms with van der Waals surface area (Å²) in [6.07, 6.45) is 0. The molecule has 0 aliphatic carbocycles. The van der Waals surface area contributed by atoms with E-state index in [1.165, 1.54) is 23.3 Å². The highest BCUT2D eigenvalue weighted by Crippen LogP contribution is 2.26. The first-order valence-electron chi connectivity index (χ1n) is 7.48. The van der Waals surface area contributed by atoms with Crippen LogP contribution in [0.4, 0.5) is 0 Å². The second-order valence-electron chi connectivity index (χ2n) is 5.10. The van der Waals surface area contributed by atoms with Gasteiger partial charge < -0.3 is 14.9 Å². The van der Waals surface area contributed by atoms with E-state index in [9.17, 15) is 0 Å². The van der Waals surface area contributed by atoms with Crippen molar-refractivity contribution < 1.29 is 14.9 Å². The Balaban J connectivity index is 0.000000198. The molecule has 0 atom stereocenters. The van der Waals surface area contributed by atoms with E-state index in [1.54, 1.807) is 6.07 Å². The Labute approximate surface area is 150 Å². The van der Waals surface area contributed by atoms with Crippen LogP contribution in [0.15, 0.2) is 83.3 Å². The van der Waals surface area contributed by atoms with Gasteiger partial charge in [0.25, 0.3) is 0 Å². The highest BCUT2D eigenvalue weighted by atomic mass is 79.9. The van der Waals surface area contributed by atoms with Crippen LogP contribution in [-0.4, -0.2) is 10.2 Å². The highest BCUT2D eigenvalue weighted by molar-refractivity contribution is 9.10. The first kappa shape index (κ1) is 18.0. The smallest absolute Gasteiger partial charge is 0.133 e. The van der Waals surface area contributed by atoms with Gasteiger partial charge in [0.05, 0.1) is 17.7 Å². The summed E-state index contributed by atoms with van der Waals surface area (Å²) < 4.78 is 6.19. The fraction of sp³-hybridized carbons (Fsp3) is 0.100. The molecule has 3 nitrogen and oxygen atoms in total. The van der Waals surface area contributed by atoms with Gasteiger partial charge >= 0.3 is 0 Å². The van der Waals surface area contributed by atoms with Crippen LogP contribution in [0.2, 0.25) is 0 Å². The zero-order chi connectivity index (χ0) is 17.2. The molecular weight excluding hydrogens is 368 g/mol. The van der Waals surface area contributed by atoms with Crippen molar-refractivity contribution in [1.29, 1.82) is 0 Å². The minimum absolute atomic E-state index is 0.0509. The lowest BCUT2D eigenvalue weighted by Crippen LogP contribution is -1.93. The lowest BCUT2D eigenvalue weighted by molar-refractivity contribution is 0.107. The van der Waals surface area contributed by atoms with Gasteiger partial charge in [0.15, 0.2) is 0 Å². The number of phenolic OH excluding ortho intramolecular Hbond substituents is 2. The number of benzene rings is 3. The molecule has 0 saturated heterocycles. The van der Waals surface area contributed by atoms with E-state index in [1.807, 2.05) is 36.4 Å². The third-order valence-electron chi connectivity index (χ3n) is 3.15. The van der Waals surface area contributed by atoms with Gasteiger partial charge in [-0.3, -0.25) is 0 Å². The summed E-state index contributed by atoms with van der Waals surface area (Å²) in [6.45, 7) is 1.35. The Morgan fingerprint density at radius 2 is 1.21 bits per heavy atom. The van der Waals surface area contributed by atoms with Gasteiger partial charge in [0.2, 0.25) is 0 Å². The molecule has 124 valence electrons. The Kier molecular flexibility index (Phi) is 7.33. The molecule has 2 N–H and O–H groups in total. The van der Waals surface area contributed by atoms with Gasteiger partial charge in [-0.15, -0.1) is 0 Å². The van der Waals surface area contributed by atoms with Gasteiger partial charge in [-0.2, -0.15) is 0 Å². The molecule has 0 spiro atoms. The predicted octanol–water partition coefficient (Wildman–Crippen LogP) is 5.26. The minimum atomic E-state index is 0.0509. The highest BCUT2D eigenvalue weighted by Gasteiger charge is 1.95. The fourth-order valence-electron chi connectivity index (χ4n) is 1.94. The maximum atomic E-state index is 8.89. The molecular formula is C20H19BrO3. The van der Waals surface area contributed by atoms with Crippen LogP contribution in [-0.2, 0) is 18.0 Å². The van der Waals surface area contributed by atoms with Crippen molar-refractivity contribution in [2.75, 3.05) is 0 Å². The van der Waals surface area contributed by atoms with Crippen molar-refractivity contribution in [3.8, 4) is 11.5 Å². The lowest BCUT2D eigenvalue weighted by Gasteiger charge is -2.03. The average Bonchev–Trinajstić information content (AvgIpc) is 2.61. The Hall–Kier alpha value is -2.30. The molecule has 3 rings (SSSR count).